The molecule has 0 bridgehead atoms. The minimum Gasteiger partial charge on any atom is -0.508 e. The van der Waals surface area contributed by atoms with Crippen LogP contribution in [0.3, 0.4) is 0 Å². The minimum atomic E-state index is -0.993. The topological polar surface area (TPSA) is 108 Å². The summed E-state index contributed by atoms with van der Waals surface area (Å²) in [6.07, 6.45) is 8.10. The van der Waals surface area contributed by atoms with Gasteiger partial charge in [0.05, 0.1) is 0 Å². The second-order valence-corrected chi connectivity index (χ2v) is 10.3. The van der Waals surface area contributed by atoms with E-state index in [9.17, 15) is 19.5 Å². The van der Waals surface area contributed by atoms with Gasteiger partial charge in [0, 0.05) is 18.2 Å². The van der Waals surface area contributed by atoms with Gasteiger partial charge in [0.25, 0.3) is 0 Å². The summed E-state index contributed by atoms with van der Waals surface area (Å²) in [5.74, 6) is -0.748. The Balaban J connectivity index is 2.28. The van der Waals surface area contributed by atoms with Gasteiger partial charge in [-0.05, 0) is 46.1 Å². The average molecular weight is 490 g/mol. The maximum atomic E-state index is 13.6. The monoisotopic (exact) mass is 489 g/mol. The summed E-state index contributed by atoms with van der Waals surface area (Å²) in [5.41, 5.74) is -0.312. The predicted octanol–water partition coefficient (Wildman–Crippen LogP) is 4.82. The molecule has 1 fully saturated rings. The quantitative estimate of drug-likeness (QED) is 0.386. The van der Waals surface area contributed by atoms with Gasteiger partial charge in [-0.1, -0.05) is 63.6 Å². The van der Waals surface area contributed by atoms with Gasteiger partial charge < -0.3 is 25.4 Å². The molecule has 1 saturated carbocycles. The van der Waals surface area contributed by atoms with E-state index in [0.717, 1.165) is 51.4 Å². The highest BCUT2D eigenvalue weighted by Gasteiger charge is 2.34. The fraction of sp³-hybridized carbons (Fsp3) is 0.667. The van der Waals surface area contributed by atoms with E-state index >= 15 is 0 Å². The Bertz CT molecular complexity index is 830. The SMILES string of the molecule is CCCCCCN(C(=O)CNC(=O)OC(C)(C)C)C(C(=O)NC1CCCCC1)c1ccccc1O. The van der Waals surface area contributed by atoms with E-state index in [4.69, 9.17) is 4.74 Å². The molecule has 0 radical (unpaired) electrons. The van der Waals surface area contributed by atoms with Crippen LogP contribution in [0.15, 0.2) is 24.3 Å². The number of ether oxygens (including phenoxy) is 1. The first-order valence-corrected chi connectivity index (χ1v) is 13.0. The molecule has 1 aliphatic carbocycles. The van der Waals surface area contributed by atoms with Crippen LogP contribution in [0.1, 0.15) is 97.1 Å². The molecule has 8 heteroatoms. The molecule has 1 unspecified atom stereocenters. The molecular formula is C27H43N3O5. The van der Waals surface area contributed by atoms with Gasteiger partial charge in [0.1, 0.15) is 23.9 Å². The number of phenols is 1. The lowest BCUT2D eigenvalue weighted by atomic mass is 9.94. The fourth-order valence-electron chi connectivity index (χ4n) is 4.37. The molecule has 0 spiro atoms. The number of nitrogens with one attached hydrogen (secondary N) is 2. The van der Waals surface area contributed by atoms with Crippen LogP contribution in [0, 0.1) is 0 Å². The summed E-state index contributed by atoms with van der Waals surface area (Å²) < 4.78 is 5.25. The Labute approximate surface area is 209 Å². The molecule has 35 heavy (non-hydrogen) atoms. The highest BCUT2D eigenvalue weighted by Crippen LogP contribution is 2.30. The second-order valence-electron chi connectivity index (χ2n) is 10.3. The van der Waals surface area contributed by atoms with Crippen LogP contribution in [-0.4, -0.2) is 52.6 Å². The standard InChI is InChI=1S/C27H43N3O5/c1-5-6-7-13-18-30(23(32)19-28-26(34)35-27(2,3)4)24(21-16-11-12-17-22(21)31)25(33)29-20-14-9-8-10-15-20/h11-12,16-17,20,24,31H,5-10,13-15,18-19H2,1-4H3,(H,28,34)(H,29,33). The first kappa shape index (κ1) is 28.5. The summed E-state index contributed by atoms with van der Waals surface area (Å²) in [7, 11) is 0. The number of hydrogen-bond acceptors (Lipinski definition) is 5. The number of alkyl carbamates (subject to hydrolysis) is 1. The van der Waals surface area contributed by atoms with Gasteiger partial charge in [-0.3, -0.25) is 9.59 Å². The first-order chi connectivity index (χ1) is 16.6. The number of phenolic OH excluding ortho intramolecular Hbond substituents is 1. The molecule has 1 aliphatic rings. The van der Waals surface area contributed by atoms with E-state index in [2.05, 4.69) is 17.6 Å². The molecule has 196 valence electrons. The van der Waals surface area contributed by atoms with Gasteiger partial charge in [-0.15, -0.1) is 0 Å². The summed E-state index contributed by atoms with van der Waals surface area (Å²) in [4.78, 5) is 40.6. The van der Waals surface area contributed by atoms with Crippen molar-refractivity contribution >= 4 is 17.9 Å². The zero-order valence-electron chi connectivity index (χ0n) is 21.8. The molecule has 0 aromatic heterocycles. The van der Waals surface area contributed by atoms with Crippen molar-refractivity contribution < 1.29 is 24.2 Å². The van der Waals surface area contributed by atoms with E-state index in [0.29, 0.717) is 18.5 Å². The van der Waals surface area contributed by atoms with Gasteiger partial charge >= 0.3 is 6.09 Å². The molecule has 1 aromatic rings. The van der Waals surface area contributed by atoms with Crippen molar-refractivity contribution in [3.05, 3.63) is 29.8 Å². The number of carbonyl (C=O) groups excluding carboxylic acids is 3. The largest absolute Gasteiger partial charge is 0.508 e. The number of benzene rings is 1. The van der Waals surface area contributed by atoms with Crippen molar-refractivity contribution in [2.45, 2.75) is 103 Å². The highest BCUT2D eigenvalue weighted by atomic mass is 16.6. The van der Waals surface area contributed by atoms with Crippen molar-refractivity contribution in [2.75, 3.05) is 13.1 Å². The summed E-state index contributed by atoms with van der Waals surface area (Å²) in [5, 5.41) is 16.3. The van der Waals surface area contributed by atoms with Crippen LogP contribution in [0.2, 0.25) is 0 Å². The molecule has 0 heterocycles. The van der Waals surface area contributed by atoms with Crippen LogP contribution in [-0.2, 0) is 14.3 Å². The Morgan fingerprint density at radius 2 is 1.77 bits per heavy atom. The number of carbonyl (C=O) groups is 3. The lowest BCUT2D eigenvalue weighted by molar-refractivity contribution is -0.140. The zero-order chi connectivity index (χ0) is 25.8. The van der Waals surface area contributed by atoms with Crippen molar-refractivity contribution in [2.24, 2.45) is 0 Å². The molecule has 3 N–H and O–H groups in total. The van der Waals surface area contributed by atoms with Crippen LogP contribution in [0.4, 0.5) is 4.79 Å². The second kappa shape index (κ2) is 14.0. The molecule has 1 aromatic carbocycles. The van der Waals surface area contributed by atoms with E-state index < -0.39 is 23.6 Å². The molecule has 0 saturated heterocycles. The van der Waals surface area contributed by atoms with E-state index in [1.165, 1.54) is 11.0 Å². The average Bonchev–Trinajstić information content (AvgIpc) is 2.80. The molecule has 1 atom stereocenters. The maximum Gasteiger partial charge on any atom is 0.408 e. The number of para-hydroxylation sites is 1. The molecule has 0 aliphatic heterocycles. The van der Waals surface area contributed by atoms with Crippen LogP contribution in [0.5, 0.6) is 5.75 Å². The summed E-state index contributed by atoms with van der Waals surface area (Å²) in [6.45, 7) is 7.39. The third kappa shape index (κ3) is 9.78. The van der Waals surface area contributed by atoms with Gasteiger partial charge in [-0.25, -0.2) is 4.79 Å². The van der Waals surface area contributed by atoms with E-state index in [1.54, 1.807) is 39.0 Å². The number of hydrogen-bond donors (Lipinski definition) is 3. The number of amides is 3. The van der Waals surface area contributed by atoms with Crippen molar-refractivity contribution in [3.63, 3.8) is 0 Å². The summed E-state index contributed by atoms with van der Waals surface area (Å²) in [6, 6.07) is 5.69. The molecule has 3 amide bonds. The Morgan fingerprint density at radius 3 is 2.40 bits per heavy atom. The first-order valence-electron chi connectivity index (χ1n) is 13.0. The highest BCUT2D eigenvalue weighted by molar-refractivity contribution is 5.91. The van der Waals surface area contributed by atoms with Crippen molar-refractivity contribution in [1.29, 1.82) is 0 Å². The Hall–Kier alpha value is -2.77. The summed E-state index contributed by atoms with van der Waals surface area (Å²) >= 11 is 0. The molecule has 8 nitrogen and oxygen atoms in total. The number of nitrogens with zero attached hydrogens (tertiary/aromatic N) is 1. The van der Waals surface area contributed by atoms with Gasteiger partial charge in [-0.2, -0.15) is 0 Å². The zero-order valence-corrected chi connectivity index (χ0v) is 21.8. The predicted molar refractivity (Wildman–Crippen MR) is 136 cm³/mol. The van der Waals surface area contributed by atoms with Crippen LogP contribution >= 0.6 is 0 Å². The van der Waals surface area contributed by atoms with Crippen LogP contribution < -0.4 is 10.6 Å². The van der Waals surface area contributed by atoms with Gasteiger partial charge in [0.2, 0.25) is 11.8 Å². The fourth-order valence-corrected chi connectivity index (χ4v) is 4.37. The third-order valence-corrected chi connectivity index (χ3v) is 6.10. The Kier molecular flexibility index (Phi) is 11.3. The maximum absolute atomic E-state index is 13.6. The lowest BCUT2D eigenvalue weighted by Gasteiger charge is -2.34. The normalized spacial score (nSPS) is 15.2. The van der Waals surface area contributed by atoms with Crippen molar-refractivity contribution in [3.8, 4) is 5.75 Å². The minimum absolute atomic E-state index is 0.0391. The van der Waals surface area contributed by atoms with Crippen LogP contribution in [0.25, 0.3) is 0 Å². The van der Waals surface area contributed by atoms with Crippen molar-refractivity contribution in [1.82, 2.24) is 15.5 Å². The Morgan fingerprint density at radius 1 is 1.09 bits per heavy atom. The van der Waals surface area contributed by atoms with E-state index in [1.807, 2.05) is 0 Å². The molecular weight excluding hydrogens is 446 g/mol. The number of unbranched alkanes of at least 4 members (excludes halogenated alkanes) is 3. The molecule has 2 rings (SSSR count). The lowest BCUT2D eigenvalue weighted by Crippen LogP contribution is -2.50. The van der Waals surface area contributed by atoms with Gasteiger partial charge in [0.15, 0.2) is 0 Å². The number of aromatic hydroxyl groups is 1. The third-order valence-electron chi connectivity index (χ3n) is 6.10. The van der Waals surface area contributed by atoms with E-state index in [-0.39, 0.29) is 24.2 Å². The number of rotatable bonds is 11. The smallest absolute Gasteiger partial charge is 0.408 e.